The van der Waals surface area contributed by atoms with E-state index >= 15 is 0 Å². The first-order chi connectivity index (χ1) is 10.3. The molecule has 0 saturated heterocycles. The van der Waals surface area contributed by atoms with Crippen LogP contribution in [-0.2, 0) is 14.8 Å². The first kappa shape index (κ1) is 18.9. The minimum absolute atomic E-state index is 0.129. The Balaban J connectivity index is 2.83. The maximum atomic E-state index is 12.4. The van der Waals surface area contributed by atoms with Crippen LogP contribution in [0.1, 0.15) is 26.7 Å². The van der Waals surface area contributed by atoms with Gasteiger partial charge in [0.05, 0.1) is 11.4 Å². The van der Waals surface area contributed by atoms with Crippen LogP contribution >= 0.6 is 11.6 Å². The van der Waals surface area contributed by atoms with Gasteiger partial charge in [0.15, 0.2) is 0 Å². The zero-order valence-electron chi connectivity index (χ0n) is 13.3. The van der Waals surface area contributed by atoms with E-state index in [-0.39, 0.29) is 17.3 Å². The second-order valence-electron chi connectivity index (χ2n) is 5.10. The van der Waals surface area contributed by atoms with Crippen LogP contribution in [0.5, 0.6) is 0 Å². The lowest BCUT2D eigenvalue weighted by Gasteiger charge is -2.24. The van der Waals surface area contributed by atoms with Gasteiger partial charge in [-0.2, -0.15) is 4.31 Å². The van der Waals surface area contributed by atoms with Crippen LogP contribution in [-0.4, -0.2) is 50.2 Å². The van der Waals surface area contributed by atoms with Crippen LogP contribution in [0, 0.1) is 0 Å². The standard InChI is InChI=1S/C15H23ClN2O3S/c1-4-10-18(11-5-2)15(19)12-17(3)22(20,21)14-8-6-13(16)7-9-14/h6-9H,4-5,10-12H2,1-3H3. The van der Waals surface area contributed by atoms with Crippen molar-refractivity contribution in [1.82, 2.24) is 9.21 Å². The third-order valence-corrected chi connectivity index (χ3v) is 5.29. The number of likely N-dealkylation sites (N-methyl/N-ethyl adjacent to an activating group) is 1. The molecular formula is C15H23ClN2O3S. The molecule has 5 nitrogen and oxygen atoms in total. The number of hydrogen-bond acceptors (Lipinski definition) is 3. The highest BCUT2D eigenvalue weighted by molar-refractivity contribution is 7.89. The van der Waals surface area contributed by atoms with E-state index in [1.165, 1.54) is 31.3 Å². The van der Waals surface area contributed by atoms with Gasteiger partial charge < -0.3 is 4.90 Å². The first-order valence-corrected chi connectivity index (χ1v) is 9.14. The summed E-state index contributed by atoms with van der Waals surface area (Å²) in [5.41, 5.74) is 0. The third kappa shape index (κ3) is 4.97. The zero-order valence-corrected chi connectivity index (χ0v) is 14.8. The van der Waals surface area contributed by atoms with E-state index < -0.39 is 10.0 Å². The van der Waals surface area contributed by atoms with Crippen LogP contribution in [0.4, 0.5) is 0 Å². The number of carbonyl (C=O) groups excluding carboxylic acids is 1. The number of benzene rings is 1. The van der Waals surface area contributed by atoms with Crippen molar-refractivity contribution in [2.45, 2.75) is 31.6 Å². The van der Waals surface area contributed by atoms with Crippen molar-refractivity contribution in [1.29, 1.82) is 0 Å². The van der Waals surface area contributed by atoms with E-state index in [0.717, 1.165) is 17.1 Å². The number of halogens is 1. The molecule has 0 heterocycles. The molecule has 0 radical (unpaired) electrons. The Kier molecular flexibility index (Phi) is 7.32. The molecule has 0 bridgehead atoms. The van der Waals surface area contributed by atoms with Gasteiger partial charge in [0.25, 0.3) is 0 Å². The van der Waals surface area contributed by atoms with Crippen molar-refractivity contribution in [2.75, 3.05) is 26.7 Å². The summed E-state index contributed by atoms with van der Waals surface area (Å²) in [6.45, 7) is 5.10. The van der Waals surface area contributed by atoms with Gasteiger partial charge in [-0.1, -0.05) is 25.4 Å². The number of rotatable bonds is 8. The molecule has 22 heavy (non-hydrogen) atoms. The highest BCUT2D eigenvalue weighted by atomic mass is 35.5. The molecule has 0 aromatic heterocycles. The summed E-state index contributed by atoms with van der Waals surface area (Å²) in [5.74, 6) is -0.177. The molecule has 0 atom stereocenters. The molecule has 0 aliphatic rings. The van der Waals surface area contributed by atoms with E-state index in [2.05, 4.69) is 0 Å². The normalized spacial score (nSPS) is 11.7. The van der Waals surface area contributed by atoms with Gasteiger partial charge in [-0.15, -0.1) is 0 Å². The Morgan fingerprint density at radius 2 is 1.59 bits per heavy atom. The number of hydrogen-bond donors (Lipinski definition) is 0. The molecule has 0 unspecified atom stereocenters. The smallest absolute Gasteiger partial charge is 0.243 e. The fraction of sp³-hybridized carbons (Fsp3) is 0.533. The Bertz CT molecular complexity index is 581. The van der Waals surface area contributed by atoms with Crippen molar-refractivity contribution < 1.29 is 13.2 Å². The van der Waals surface area contributed by atoms with E-state index in [0.29, 0.717) is 18.1 Å². The summed E-state index contributed by atoms with van der Waals surface area (Å²) in [6, 6.07) is 5.91. The fourth-order valence-corrected chi connectivity index (χ4v) is 3.31. The lowest BCUT2D eigenvalue weighted by molar-refractivity contribution is -0.131. The highest BCUT2D eigenvalue weighted by Crippen LogP contribution is 2.17. The number of nitrogens with zero attached hydrogens (tertiary/aromatic N) is 2. The zero-order chi connectivity index (χ0) is 16.8. The third-order valence-electron chi connectivity index (χ3n) is 3.22. The summed E-state index contributed by atoms with van der Waals surface area (Å²) in [6.07, 6.45) is 1.69. The molecule has 0 fully saturated rings. The minimum atomic E-state index is -3.69. The fourth-order valence-electron chi connectivity index (χ4n) is 2.06. The van der Waals surface area contributed by atoms with Gasteiger partial charge in [-0.05, 0) is 37.1 Å². The molecule has 0 aliphatic heterocycles. The second-order valence-corrected chi connectivity index (χ2v) is 7.58. The summed E-state index contributed by atoms with van der Waals surface area (Å²) in [7, 11) is -2.27. The van der Waals surface area contributed by atoms with E-state index in [1.54, 1.807) is 4.90 Å². The van der Waals surface area contributed by atoms with Crippen LogP contribution in [0.15, 0.2) is 29.2 Å². The Labute approximate surface area is 137 Å². The highest BCUT2D eigenvalue weighted by Gasteiger charge is 2.24. The quantitative estimate of drug-likeness (QED) is 0.727. The monoisotopic (exact) mass is 346 g/mol. The molecule has 124 valence electrons. The molecule has 7 heteroatoms. The van der Waals surface area contributed by atoms with E-state index in [4.69, 9.17) is 11.6 Å². The van der Waals surface area contributed by atoms with Crippen molar-refractivity contribution in [2.24, 2.45) is 0 Å². The van der Waals surface area contributed by atoms with Crippen LogP contribution in [0.3, 0.4) is 0 Å². The summed E-state index contributed by atoms with van der Waals surface area (Å²) < 4.78 is 25.9. The minimum Gasteiger partial charge on any atom is -0.342 e. The molecule has 1 aromatic carbocycles. The first-order valence-electron chi connectivity index (χ1n) is 7.32. The van der Waals surface area contributed by atoms with Crippen molar-refractivity contribution in [3.05, 3.63) is 29.3 Å². The predicted octanol–water partition coefficient (Wildman–Crippen LogP) is 2.61. The Morgan fingerprint density at radius 1 is 1.09 bits per heavy atom. The van der Waals surface area contributed by atoms with Crippen LogP contribution in [0.2, 0.25) is 5.02 Å². The number of amides is 1. The van der Waals surface area contributed by atoms with Gasteiger partial charge in [0, 0.05) is 25.2 Å². The Morgan fingerprint density at radius 3 is 2.05 bits per heavy atom. The Hall–Kier alpha value is -1.11. The van der Waals surface area contributed by atoms with Gasteiger partial charge in [-0.3, -0.25) is 4.79 Å². The largest absolute Gasteiger partial charge is 0.342 e. The van der Waals surface area contributed by atoms with E-state index in [1.807, 2.05) is 13.8 Å². The summed E-state index contributed by atoms with van der Waals surface area (Å²) in [4.78, 5) is 14.1. The second kappa shape index (κ2) is 8.50. The molecule has 1 amide bonds. The SMILES string of the molecule is CCCN(CCC)C(=O)CN(C)S(=O)(=O)c1ccc(Cl)cc1. The molecule has 0 saturated carbocycles. The molecular weight excluding hydrogens is 324 g/mol. The predicted molar refractivity (Wildman–Crippen MR) is 88.4 cm³/mol. The average Bonchev–Trinajstić information content (AvgIpc) is 2.47. The van der Waals surface area contributed by atoms with Crippen LogP contribution in [0.25, 0.3) is 0 Å². The molecule has 0 spiro atoms. The topological polar surface area (TPSA) is 57.7 Å². The van der Waals surface area contributed by atoms with Crippen molar-refractivity contribution >= 4 is 27.5 Å². The van der Waals surface area contributed by atoms with Crippen molar-refractivity contribution in [3.63, 3.8) is 0 Å². The summed E-state index contributed by atoms with van der Waals surface area (Å²) >= 11 is 5.77. The average molecular weight is 347 g/mol. The van der Waals surface area contributed by atoms with E-state index in [9.17, 15) is 13.2 Å². The maximum absolute atomic E-state index is 12.4. The molecule has 0 N–H and O–H groups in total. The number of sulfonamides is 1. The van der Waals surface area contributed by atoms with Crippen molar-refractivity contribution in [3.8, 4) is 0 Å². The lowest BCUT2D eigenvalue weighted by Crippen LogP contribution is -2.41. The summed E-state index contributed by atoms with van der Waals surface area (Å²) in [5, 5.41) is 0.467. The van der Waals surface area contributed by atoms with Crippen LogP contribution < -0.4 is 0 Å². The van der Waals surface area contributed by atoms with Gasteiger partial charge in [-0.25, -0.2) is 8.42 Å². The van der Waals surface area contributed by atoms with Gasteiger partial charge in [0.1, 0.15) is 0 Å². The van der Waals surface area contributed by atoms with Gasteiger partial charge in [0.2, 0.25) is 15.9 Å². The lowest BCUT2D eigenvalue weighted by atomic mass is 10.3. The molecule has 1 rings (SSSR count). The molecule has 1 aromatic rings. The molecule has 0 aliphatic carbocycles. The maximum Gasteiger partial charge on any atom is 0.243 e. The number of carbonyl (C=O) groups is 1. The van der Waals surface area contributed by atoms with Gasteiger partial charge >= 0.3 is 0 Å².